The zero-order valence-corrected chi connectivity index (χ0v) is 16.6. The lowest BCUT2D eigenvalue weighted by Crippen LogP contribution is -2.51. The average Bonchev–Trinajstić information content (AvgIpc) is 3.05. The molecule has 2 heterocycles. The van der Waals surface area contributed by atoms with Crippen LogP contribution in [0.4, 0.5) is 0 Å². The van der Waals surface area contributed by atoms with Gasteiger partial charge < -0.3 is 14.6 Å². The van der Waals surface area contributed by atoms with Crippen molar-refractivity contribution in [1.82, 2.24) is 0 Å². The Morgan fingerprint density at radius 1 is 1.30 bits per heavy atom. The molecule has 1 N–H and O–H groups in total. The standard InChI is InChI=1S/C21H28O5S/c1-3-16(2)13-17-9-10-20-21(15-22,26-17)14-18(25-20)11-12-27(23,24)19-7-5-4-6-8-19/h4-8,17-18,20,22H,1,9-15H2,2H3/t17-,18+,20+,21-/m1/s1. The van der Waals surface area contributed by atoms with E-state index in [0.717, 1.165) is 24.8 Å². The Bertz CT molecular complexity index is 797. The lowest BCUT2D eigenvalue weighted by Gasteiger charge is -2.41. The highest BCUT2D eigenvalue weighted by atomic mass is 32.2. The molecule has 6 heteroatoms. The molecule has 2 aliphatic rings. The molecule has 3 rings (SSSR count). The highest BCUT2D eigenvalue weighted by Crippen LogP contribution is 2.43. The molecular formula is C21H28O5S. The van der Waals surface area contributed by atoms with Gasteiger partial charge >= 0.3 is 0 Å². The quantitative estimate of drug-likeness (QED) is 0.722. The van der Waals surface area contributed by atoms with Gasteiger partial charge in [-0.05, 0) is 43.9 Å². The molecule has 2 aliphatic heterocycles. The largest absolute Gasteiger partial charge is 0.393 e. The maximum atomic E-state index is 12.5. The molecule has 5 nitrogen and oxygen atoms in total. The second-order valence-corrected chi connectivity index (χ2v) is 9.68. The van der Waals surface area contributed by atoms with Gasteiger partial charge in [-0.3, -0.25) is 0 Å². The number of fused-ring (bicyclic) bond motifs is 1. The lowest BCUT2D eigenvalue weighted by molar-refractivity contribution is -0.181. The minimum absolute atomic E-state index is 0.0121. The molecule has 0 amide bonds. The predicted molar refractivity (Wildman–Crippen MR) is 103 cm³/mol. The Morgan fingerprint density at radius 2 is 2.04 bits per heavy atom. The number of benzene rings is 1. The van der Waals surface area contributed by atoms with E-state index in [4.69, 9.17) is 9.47 Å². The van der Waals surface area contributed by atoms with Crippen molar-refractivity contribution in [2.24, 2.45) is 0 Å². The molecule has 2 fully saturated rings. The lowest BCUT2D eigenvalue weighted by atomic mass is 9.86. The highest BCUT2D eigenvalue weighted by molar-refractivity contribution is 7.91. The number of aliphatic hydroxyl groups is 1. The van der Waals surface area contributed by atoms with Crippen LogP contribution in [0.5, 0.6) is 0 Å². The molecular weight excluding hydrogens is 364 g/mol. The second-order valence-electron chi connectivity index (χ2n) is 7.57. The molecule has 1 aromatic carbocycles. The number of hydrogen-bond donors (Lipinski definition) is 1. The molecule has 0 spiro atoms. The first-order chi connectivity index (χ1) is 12.9. The van der Waals surface area contributed by atoms with E-state index in [0.29, 0.717) is 17.7 Å². The van der Waals surface area contributed by atoms with Crippen molar-refractivity contribution < 1.29 is 23.0 Å². The van der Waals surface area contributed by atoms with Crippen molar-refractivity contribution in [3.05, 3.63) is 48.2 Å². The molecule has 0 bridgehead atoms. The third kappa shape index (κ3) is 4.53. The van der Waals surface area contributed by atoms with Crippen molar-refractivity contribution in [2.75, 3.05) is 12.4 Å². The van der Waals surface area contributed by atoms with Crippen LogP contribution in [-0.2, 0) is 19.3 Å². The molecule has 0 saturated carbocycles. The SMILES string of the molecule is C=C=C(C)C[C@H]1CC[C@@H]2O[C@@H](CCS(=O)(=O)c3ccccc3)C[C@]2(CO)O1. The van der Waals surface area contributed by atoms with Gasteiger partial charge in [0.15, 0.2) is 9.84 Å². The summed E-state index contributed by atoms with van der Waals surface area (Å²) in [6, 6.07) is 8.47. The topological polar surface area (TPSA) is 72.8 Å². The van der Waals surface area contributed by atoms with Crippen molar-refractivity contribution in [2.45, 2.75) is 67.8 Å². The fraction of sp³-hybridized carbons (Fsp3) is 0.571. The number of ether oxygens (including phenoxy) is 2. The molecule has 2 saturated heterocycles. The Labute approximate surface area is 161 Å². The van der Waals surface area contributed by atoms with Crippen LogP contribution >= 0.6 is 0 Å². The van der Waals surface area contributed by atoms with Crippen LogP contribution in [0.1, 0.15) is 39.0 Å². The van der Waals surface area contributed by atoms with Crippen LogP contribution in [-0.4, -0.2) is 49.8 Å². The van der Waals surface area contributed by atoms with Gasteiger partial charge in [0.05, 0.1) is 35.6 Å². The molecule has 148 valence electrons. The monoisotopic (exact) mass is 392 g/mol. The third-order valence-corrected chi connectivity index (χ3v) is 7.35. The fourth-order valence-electron chi connectivity index (χ4n) is 4.07. The fourth-order valence-corrected chi connectivity index (χ4v) is 5.45. The van der Waals surface area contributed by atoms with Crippen molar-refractivity contribution in [3.63, 3.8) is 0 Å². The van der Waals surface area contributed by atoms with Gasteiger partial charge in [-0.2, -0.15) is 0 Å². The molecule has 0 aromatic heterocycles. The highest BCUT2D eigenvalue weighted by Gasteiger charge is 2.52. The minimum Gasteiger partial charge on any atom is -0.393 e. The van der Waals surface area contributed by atoms with Crippen LogP contribution in [0, 0.1) is 0 Å². The summed E-state index contributed by atoms with van der Waals surface area (Å²) in [5.41, 5.74) is 3.20. The van der Waals surface area contributed by atoms with Crippen LogP contribution in [0.2, 0.25) is 0 Å². The van der Waals surface area contributed by atoms with Crippen LogP contribution in [0.15, 0.2) is 53.1 Å². The Balaban J connectivity index is 1.63. The van der Waals surface area contributed by atoms with Crippen molar-refractivity contribution in [1.29, 1.82) is 0 Å². The van der Waals surface area contributed by atoms with Gasteiger partial charge in [-0.25, -0.2) is 8.42 Å². The molecule has 0 aliphatic carbocycles. The van der Waals surface area contributed by atoms with Gasteiger partial charge in [0.25, 0.3) is 0 Å². The van der Waals surface area contributed by atoms with Crippen LogP contribution in [0.25, 0.3) is 0 Å². The third-order valence-electron chi connectivity index (χ3n) is 5.58. The van der Waals surface area contributed by atoms with E-state index in [2.05, 4.69) is 12.3 Å². The maximum absolute atomic E-state index is 12.5. The molecule has 0 unspecified atom stereocenters. The van der Waals surface area contributed by atoms with Gasteiger partial charge in [0, 0.05) is 12.8 Å². The van der Waals surface area contributed by atoms with E-state index in [1.807, 2.05) is 6.92 Å². The van der Waals surface area contributed by atoms with Gasteiger partial charge in [-0.1, -0.05) is 24.8 Å². The zero-order valence-electron chi connectivity index (χ0n) is 15.8. The smallest absolute Gasteiger partial charge is 0.178 e. The predicted octanol–water partition coefficient (Wildman–Crippen LogP) is 3.04. The number of hydrogen-bond acceptors (Lipinski definition) is 5. The summed E-state index contributed by atoms with van der Waals surface area (Å²) in [7, 11) is -3.34. The van der Waals surface area contributed by atoms with E-state index < -0.39 is 15.4 Å². The summed E-state index contributed by atoms with van der Waals surface area (Å²) in [5.74, 6) is 0.0254. The summed E-state index contributed by atoms with van der Waals surface area (Å²) >= 11 is 0. The van der Waals surface area contributed by atoms with E-state index in [1.165, 1.54) is 0 Å². The summed E-state index contributed by atoms with van der Waals surface area (Å²) in [6.45, 7) is 5.52. The van der Waals surface area contributed by atoms with Gasteiger partial charge in [0.2, 0.25) is 0 Å². The maximum Gasteiger partial charge on any atom is 0.178 e. The summed E-state index contributed by atoms with van der Waals surface area (Å²) in [6.07, 6.45) is 2.91. The van der Waals surface area contributed by atoms with Crippen LogP contribution in [0.3, 0.4) is 0 Å². The second kappa shape index (κ2) is 8.29. The van der Waals surface area contributed by atoms with Crippen LogP contribution < -0.4 is 0 Å². The number of rotatable bonds is 7. The average molecular weight is 393 g/mol. The van der Waals surface area contributed by atoms with E-state index in [9.17, 15) is 13.5 Å². The van der Waals surface area contributed by atoms with E-state index in [1.54, 1.807) is 30.3 Å². The van der Waals surface area contributed by atoms with E-state index in [-0.39, 0.29) is 30.7 Å². The summed E-state index contributed by atoms with van der Waals surface area (Å²) < 4.78 is 37.4. The Kier molecular flexibility index (Phi) is 6.24. The minimum atomic E-state index is -3.34. The summed E-state index contributed by atoms with van der Waals surface area (Å²) in [4.78, 5) is 0.334. The number of sulfone groups is 1. The van der Waals surface area contributed by atoms with Crippen molar-refractivity contribution >= 4 is 9.84 Å². The number of aliphatic hydroxyl groups excluding tert-OH is 1. The normalized spacial score (nSPS) is 30.5. The first-order valence-electron chi connectivity index (χ1n) is 9.46. The summed E-state index contributed by atoms with van der Waals surface area (Å²) in [5, 5.41) is 10.0. The first-order valence-corrected chi connectivity index (χ1v) is 11.1. The van der Waals surface area contributed by atoms with Gasteiger partial charge in [-0.15, -0.1) is 5.73 Å². The molecule has 0 radical (unpaired) electrons. The molecule has 4 atom stereocenters. The van der Waals surface area contributed by atoms with Gasteiger partial charge in [0.1, 0.15) is 5.60 Å². The Morgan fingerprint density at radius 3 is 2.70 bits per heavy atom. The molecule has 27 heavy (non-hydrogen) atoms. The van der Waals surface area contributed by atoms with E-state index >= 15 is 0 Å². The van der Waals surface area contributed by atoms with Crippen molar-refractivity contribution in [3.8, 4) is 0 Å². The molecule has 1 aromatic rings. The first kappa shape index (κ1) is 20.3. The zero-order chi connectivity index (χ0) is 19.5. The Hall–Kier alpha value is -1.43.